The molecule has 136 valence electrons. The lowest BCUT2D eigenvalue weighted by atomic mass is 10.3. The third-order valence-corrected chi connectivity index (χ3v) is 4.66. The monoisotopic (exact) mass is 377 g/mol. The number of ether oxygens (including phenoxy) is 2. The number of urea groups is 1. The smallest absolute Gasteiger partial charge is 0.335 e. The lowest BCUT2D eigenvalue weighted by molar-refractivity contribution is -0.148. The van der Waals surface area contributed by atoms with Crippen LogP contribution in [0.2, 0.25) is 0 Å². The maximum absolute atomic E-state index is 12.3. The lowest BCUT2D eigenvalue weighted by Gasteiger charge is -2.13. The fourth-order valence-corrected chi connectivity index (χ4v) is 3.43. The fourth-order valence-electron chi connectivity index (χ4n) is 2.45. The number of hydrogen-bond donors (Lipinski definition) is 0. The summed E-state index contributed by atoms with van der Waals surface area (Å²) in [5.74, 6) is -2.13. The van der Waals surface area contributed by atoms with Crippen molar-refractivity contribution in [1.82, 2.24) is 14.8 Å². The van der Waals surface area contributed by atoms with Gasteiger partial charge in [0.25, 0.3) is 0 Å². The molecule has 2 aromatic rings. The van der Waals surface area contributed by atoms with E-state index in [1.54, 1.807) is 32.2 Å². The highest BCUT2D eigenvalue weighted by Crippen LogP contribution is 2.28. The number of rotatable bonds is 6. The van der Waals surface area contributed by atoms with Gasteiger partial charge in [0, 0.05) is 0 Å². The van der Waals surface area contributed by atoms with E-state index in [0.717, 1.165) is 9.60 Å². The van der Waals surface area contributed by atoms with Crippen LogP contribution in [0.3, 0.4) is 0 Å². The molecule has 1 aromatic heterocycles. The van der Waals surface area contributed by atoms with Crippen molar-refractivity contribution in [3.8, 4) is 5.75 Å². The molecule has 0 atom stereocenters. The Kier molecular flexibility index (Phi) is 4.85. The van der Waals surface area contributed by atoms with Crippen molar-refractivity contribution in [3.63, 3.8) is 0 Å². The van der Waals surface area contributed by atoms with Gasteiger partial charge in [-0.15, -0.1) is 11.3 Å². The van der Waals surface area contributed by atoms with Crippen molar-refractivity contribution < 1.29 is 28.7 Å². The predicted octanol–water partition coefficient (Wildman–Crippen LogP) is 1.16. The Morgan fingerprint density at radius 3 is 2.62 bits per heavy atom. The molecule has 1 fully saturated rings. The Balaban J connectivity index is 1.79. The number of thiazole rings is 1. The first-order valence-corrected chi connectivity index (χ1v) is 8.52. The van der Waals surface area contributed by atoms with Gasteiger partial charge in [-0.05, 0) is 25.1 Å². The summed E-state index contributed by atoms with van der Waals surface area (Å²) >= 11 is 1.28. The molecule has 3 rings (SSSR count). The first-order valence-electron chi connectivity index (χ1n) is 7.71. The van der Waals surface area contributed by atoms with E-state index in [-0.39, 0.29) is 13.2 Å². The van der Waals surface area contributed by atoms with Gasteiger partial charge in [0.05, 0.1) is 30.5 Å². The number of methoxy groups -OCH3 is 1. The highest BCUT2D eigenvalue weighted by molar-refractivity contribution is 7.18. The Labute approximate surface area is 152 Å². The summed E-state index contributed by atoms with van der Waals surface area (Å²) in [5, 5.41) is 0.487. The largest absolute Gasteiger partial charge is 0.497 e. The van der Waals surface area contributed by atoms with E-state index in [2.05, 4.69) is 4.98 Å². The van der Waals surface area contributed by atoms with Gasteiger partial charge in [0.15, 0.2) is 0 Å². The lowest BCUT2D eigenvalue weighted by Crippen LogP contribution is -2.37. The van der Waals surface area contributed by atoms with E-state index >= 15 is 0 Å². The van der Waals surface area contributed by atoms with Crippen LogP contribution >= 0.6 is 11.3 Å². The Morgan fingerprint density at radius 1 is 1.19 bits per heavy atom. The Hall–Kier alpha value is -3.01. The molecule has 0 N–H and O–H groups in total. The van der Waals surface area contributed by atoms with Gasteiger partial charge in [-0.1, -0.05) is 0 Å². The minimum atomic E-state index is -1.05. The number of benzene rings is 1. The number of amides is 4. The van der Waals surface area contributed by atoms with Crippen LogP contribution in [0.5, 0.6) is 5.75 Å². The topological polar surface area (TPSA) is 106 Å². The first-order chi connectivity index (χ1) is 12.4. The standard InChI is InChI=1S/C16H15N3O6S/c1-3-25-13(20)8-19-15(22)14(21)18(16(19)23)7-12-17-10-5-4-9(24-2)6-11(10)26-12/h4-6H,3,7-8H2,1-2H3. The summed E-state index contributed by atoms with van der Waals surface area (Å²) in [5.41, 5.74) is 0.694. The van der Waals surface area contributed by atoms with E-state index in [0.29, 0.717) is 21.2 Å². The average molecular weight is 377 g/mol. The van der Waals surface area contributed by atoms with Crippen LogP contribution in [-0.4, -0.2) is 58.9 Å². The normalized spacial score (nSPS) is 14.5. The van der Waals surface area contributed by atoms with Gasteiger partial charge >= 0.3 is 23.8 Å². The van der Waals surface area contributed by atoms with Gasteiger partial charge in [-0.2, -0.15) is 0 Å². The molecule has 1 aromatic carbocycles. The van der Waals surface area contributed by atoms with E-state index < -0.39 is 30.4 Å². The maximum atomic E-state index is 12.3. The van der Waals surface area contributed by atoms with Crippen molar-refractivity contribution in [1.29, 1.82) is 0 Å². The van der Waals surface area contributed by atoms with Crippen LogP contribution in [0, 0.1) is 0 Å². The Bertz CT molecular complexity index is 909. The molecule has 1 aliphatic rings. The zero-order valence-electron chi connectivity index (χ0n) is 14.1. The van der Waals surface area contributed by atoms with Crippen molar-refractivity contribution in [2.24, 2.45) is 0 Å². The maximum Gasteiger partial charge on any atom is 0.335 e. The molecule has 1 saturated heterocycles. The summed E-state index contributed by atoms with van der Waals surface area (Å²) in [4.78, 5) is 53.7. The van der Waals surface area contributed by atoms with Gasteiger partial charge in [-0.3, -0.25) is 14.4 Å². The molecular formula is C16H15N3O6S. The van der Waals surface area contributed by atoms with Gasteiger partial charge in [-0.25, -0.2) is 19.6 Å². The predicted molar refractivity (Wildman–Crippen MR) is 90.5 cm³/mol. The van der Waals surface area contributed by atoms with Crippen LogP contribution in [0.25, 0.3) is 10.2 Å². The van der Waals surface area contributed by atoms with Crippen molar-refractivity contribution in [2.75, 3.05) is 20.3 Å². The minimum absolute atomic E-state index is 0.113. The number of carbonyl (C=O) groups excluding carboxylic acids is 4. The van der Waals surface area contributed by atoms with Crippen molar-refractivity contribution in [3.05, 3.63) is 23.2 Å². The number of imide groups is 2. The van der Waals surface area contributed by atoms with Crippen LogP contribution in [0.15, 0.2) is 18.2 Å². The van der Waals surface area contributed by atoms with E-state index in [1.165, 1.54) is 11.3 Å². The summed E-state index contributed by atoms with van der Waals surface area (Å²) < 4.78 is 10.7. The number of nitrogens with zero attached hydrogens (tertiary/aromatic N) is 3. The Morgan fingerprint density at radius 2 is 1.92 bits per heavy atom. The molecule has 0 unspecified atom stereocenters. The van der Waals surface area contributed by atoms with E-state index in [4.69, 9.17) is 9.47 Å². The fraction of sp³-hybridized carbons (Fsp3) is 0.312. The second-order valence-corrected chi connectivity index (χ2v) is 6.43. The zero-order valence-corrected chi connectivity index (χ0v) is 14.9. The molecule has 9 nitrogen and oxygen atoms in total. The highest BCUT2D eigenvalue weighted by Gasteiger charge is 2.45. The number of esters is 1. The molecule has 0 spiro atoms. The van der Waals surface area contributed by atoms with Crippen LogP contribution in [0.1, 0.15) is 11.9 Å². The summed E-state index contributed by atoms with van der Waals surface area (Å²) in [6.45, 7) is 0.974. The molecule has 4 amide bonds. The SMILES string of the molecule is CCOC(=O)CN1C(=O)C(=O)N(Cc2nc3ccc(OC)cc3s2)C1=O. The second-order valence-electron chi connectivity index (χ2n) is 5.31. The van der Waals surface area contributed by atoms with Gasteiger partial charge in [0.2, 0.25) is 0 Å². The highest BCUT2D eigenvalue weighted by atomic mass is 32.1. The van der Waals surface area contributed by atoms with Crippen LogP contribution in [-0.2, 0) is 25.7 Å². The van der Waals surface area contributed by atoms with Crippen LogP contribution < -0.4 is 4.74 Å². The van der Waals surface area contributed by atoms with Crippen LogP contribution in [0.4, 0.5) is 4.79 Å². The molecular weight excluding hydrogens is 362 g/mol. The third-order valence-electron chi connectivity index (χ3n) is 3.66. The average Bonchev–Trinajstić information content (AvgIpc) is 3.11. The second kappa shape index (κ2) is 7.08. The molecule has 26 heavy (non-hydrogen) atoms. The molecule has 1 aliphatic heterocycles. The summed E-state index contributed by atoms with van der Waals surface area (Å²) in [6.07, 6.45) is 0. The number of fused-ring (bicyclic) bond motifs is 1. The molecule has 0 bridgehead atoms. The molecule has 0 aliphatic carbocycles. The summed E-state index contributed by atoms with van der Waals surface area (Å²) in [6, 6.07) is 4.45. The number of hydrogen-bond acceptors (Lipinski definition) is 8. The van der Waals surface area contributed by atoms with Crippen molar-refractivity contribution in [2.45, 2.75) is 13.5 Å². The van der Waals surface area contributed by atoms with Crippen molar-refractivity contribution >= 4 is 45.4 Å². The first kappa shape index (κ1) is 17.8. The molecule has 0 radical (unpaired) electrons. The van der Waals surface area contributed by atoms with Gasteiger partial charge < -0.3 is 9.47 Å². The minimum Gasteiger partial charge on any atom is -0.497 e. The number of aromatic nitrogens is 1. The zero-order chi connectivity index (χ0) is 18.8. The quantitative estimate of drug-likeness (QED) is 0.422. The molecule has 2 heterocycles. The number of carbonyl (C=O) groups is 4. The molecule has 10 heteroatoms. The van der Waals surface area contributed by atoms with E-state index in [1.807, 2.05) is 0 Å². The molecule has 0 saturated carbocycles. The summed E-state index contributed by atoms with van der Waals surface area (Å²) in [7, 11) is 1.55. The van der Waals surface area contributed by atoms with E-state index in [9.17, 15) is 19.2 Å². The third kappa shape index (κ3) is 3.23. The van der Waals surface area contributed by atoms with Gasteiger partial charge in [0.1, 0.15) is 17.3 Å².